The fourth-order valence-electron chi connectivity index (χ4n) is 0.832. The van der Waals surface area contributed by atoms with Crippen LogP contribution < -0.4 is 5.32 Å². The standard InChI is InChI=1S/C8H11N3O2/c1-5-7(4-9-11(5)3)10-8(13)6(2)12/h4H,1-3H3,(H,10,13). The van der Waals surface area contributed by atoms with E-state index in [1.54, 1.807) is 11.7 Å². The molecule has 0 aliphatic heterocycles. The van der Waals surface area contributed by atoms with Crippen LogP contribution >= 0.6 is 0 Å². The molecule has 13 heavy (non-hydrogen) atoms. The van der Waals surface area contributed by atoms with Crippen molar-refractivity contribution in [2.45, 2.75) is 13.8 Å². The summed E-state index contributed by atoms with van der Waals surface area (Å²) in [6.45, 7) is 3.03. The first-order chi connectivity index (χ1) is 6.02. The summed E-state index contributed by atoms with van der Waals surface area (Å²) in [6, 6.07) is 0. The van der Waals surface area contributed by atoms with Gasteiger partial charge in [-0.1, -0.05) is 0 Å². The van der Waals surface area contributed by atoms with E-state index in [-0.39, 0.29) is 0 Å². The van der Waals surface area contributed by atoms with E-state index in [1.165, 1.54) is 13.1 Å². The molecule has 0 radical (unpaired) electrons. The number of nitrogens with one attached hydrogen (secondary N) is 1. The summed E-state index contributed by atoms with van der Waals surface area (Å²) in [4.78, 5) is 21.6. The quantitative estimate of drug-likeness (QED) is 0.665. The molecule has 0 saturated carbocycles. The van der Waals surface area contributed by atoms with Crippen LogP contribution in [0.3, 0.4) is 0 Å². The Morgan fingerprint density at radius 1 is 1.54 bits per heavy atom. The predicted molar refractivity (Wildman–Crippen MR) is 47.3 cm³/mol. The van der Waals surface area contributed by atoms with Gasteiger partial charge < -0.3 is 5.32 Å². The molecule has 0 fully saturated rings. The maximum absolute atomic E-state index is 11.0. The van der Waals surface area contributed by atoms with Crippen LogP contribution in [0.1, 0.15) is 12.6 Å². The lowest BCUT2D eigenvalue weighted by atomic mass is 10.3. The van der Waals surface area contributed by atoms with Crippen molar-refractivity contribution in [1.29, 1.82) is 0 Å². The second kappa shape index (κ2) is 3.38. The number of nitrogens with zero attached hydrogens (tertiary/aromatic N) is 2. The summed E-state index contributed by atoms with van der Waals surface area (Å²) in [5, 5.41) is 6.38. The molecule has 5 nitrogen and oxygen atoms in total. The van der Waals surface area contributed by atoms with Gasteiger partial charge in [0.25, 0.3) is 5.91 Å². The highest BCUT2D eigenvalue weighted by atomic mass is 16.2. The number of hydrogen-bond acceptors (Lipinski definition) is 3. The molecule has 0 atom stereocenters. The third-order valence-corrected chi connectivity index (χ3v) is 1.80. The number of anilines is 1. The van der Waals surface area contributed by atoms with Gasteiger partial charge in [-0.2, -0.15) is 5.10 Å². The van der Waals surface area contributed by atoms with Gasteiger partial charge in [-0.25, -0.2) is 0 Å². The molecular weight excluding hydrogens is 170 g/mol. The van der Waals surface area contributed by atoms with Crippen LogP contribution in [0.25, 0.3) is 0 Å². The van der Waals surface area contributed by atoms with Gasteiger partial charge in [-0.05, 0) is 6.92 Å². The molecule has 0 unspecified atom stereocenters. The summed E-state index contributed by atoms with van der Waals surface area (Å²) < 4.78 is 1.62. The normalized spacial score (nSPS) is 9.77. The highest BCUT2D eigenvalue weighted by molar-refractivity contribution is 6.39. The SMILES string of the molecule is CC(=O)C(=O)Nc1cnn(C)c1C. The number of carbonyl (C=O) groups is 2. The summed E-state index contributed by atoms with van der Waals surface area (Å²) in [6.07, 6.45) is 1.51. The van der Waals surface area contributed by atoms with Crippen LogP contribution in [0.5, 0.6) is 0 Å². The maximum Gasteiger partial charge on any atom is 0.291 e. The molecule has 1 aromatic heterocycles. The van der Waals surface area contributed by atoms with Crippen molar-refractivity contribution < 1.29 is 9.59 Å². The van der Waals surface area contributed by atoms with Crippen molar-refractivity contribution in [2.75, 3.05) is 5.32 Å². The number of hydrogen-bond donors (Lipinski definition) is 1. The summed E-state index contributed by atoms with van der Waals surface area (Å²) in [7, 11) is 1.76. The minimum Gasteiger partial charge on any atom is -0.317 e. The van der Waals surface area contributed by atoms with E-state index in [0.717, 1.165) is 5.69 Å². The van der Waals surface area contributed by atoms with Crippen LogP contribution in [0.15, 0.2) is 6.20 Å². The summed E-state index contributed by atoms with van der Waals surface area (Å²) in [5.41, 5.74) is 1.39. The Balaban J connectivity index is 2.81. The van der Waals surface area contributed by atoms with E-state index in [2.05, 4.69) is 10.4 Å². The second-order valence-corrected chi connectivity index (χ2v) is 2.78. The molecule has 0 aliphatic rings. The van der Waals surface area contributed by atoms with Crippen LogP contribution in [0.4, 0.5) is 5.69 Å². The first kappa shape index (κ1) is 9.44. The molecule has 0 aliphatic carbocycles. The maximum atomic E-state index is 11.0. The molecule has 0 saturated heterocycles. The molecule has 1 rings (SSSR count). The van der Waals surface area contributed by atoms with Crippen LogP contribution in [-0.2, 0) is 16.6 Å². The zero-order valence-corrected chi connectivity index (χ0v) is 7.79. The van der Waals surface area contributed by atoms with E-state index in [9.17, 15) is 9.59 Å². The Morgan fingerprint density at radius 3 is 2.54 bits per heavy atom. The Hall–Kier alpha value is -1.65. The van der Waals surface area contributed by atoms with Crippen LogP contribution in [-0.4, -0.2) is 21.5 Å². The molecule has 1 aromatic rings. The fourth-order valence-corrected chi connectivity index (χ4v) is 0.832. The van der Waals surface area contributed by atoms with E-state index >= 15 is 0 Å². The average Bonchev–Trinajstić information content (AvgIpc) is 2.36. The molecule has 0 bridgehead atoms. The Labute approximate surface area is 75.7 Å². The molecule has 0 spiro atoms. The number of rotatable bonds is 2. The monoisotopic (exact) mass is 181 g/mol. The first-order valence-corrected chi connectivity index (χ1v) is 3.83. The van der Waals surface area contributed by atoms with Gasteiger partial charge in [0.1, 0.15) is 0 Å². The average molecular weight is 181 g/mol. The van der Waals surface area contributed by atoms with Gasteiger partial charge in [-0.15, -0.1) is 0 Å². The number of amides is 1. The zero-order valence-electron chi connectivity index (χ0n) is 7.79. The Bertz CT molecular complexity index is 354. The van der Waals surface area contributed by atoms with Gasteiger partial charge in [0.15, 0.2) is 0 Å². The van der Waals surface area contributed by atoms with E-state index in [1.807, 2.05) is 6.92 Å². The Kier molecular flexibility index (Phi) is 2.46. The Morgan fingerprint density at radius 2 is 2.15 bits per heavy atom. The van der Waals surface area contributed by atoms with Crippen molar-refractivity contribution in [3.63, 3.8) is 0 Å². The molecule has 1 amide bonds. The minimum atomic E-state index is -0.615. The third kappa shape index (κ3) is 1.93. The predicted octanol–water partition coefficient (Wildman–Crippen LogP) is 0.256. The molecule has 0 aromatic carbocycles. The first-order valence-electron chi connectivity index (χ1n) is 3.83. The minimum absolute atomic E-state index is 0.511. The third-order valence-electron chi connectivity index (χ3n) is 1.80. The molecular formula is C8H11N3O2. The highest BCUT2D eigenvalue weighted by Crippen LogP contribution is 2.11. The van der Waals surface area contributed by atoms with Gasteiger partial charge >= 0.3 is 0 Å². The van der Waals surface area contributed by atoms with Gasteiger partial charge in [0.05, 0.1) is 17.6 Å². The van der Waals surface area contributed by atoms with E-state index < -0.39 is 11.7 Å². The largest absolute Gasteiger partial charge is 0.317 e. The van der Waals surface area contributed by atoms with Gasteiger partial charge in [0.2, 0.25) is 5.78 Å². The molecule has 5 heteroatoms. The number of aryl methyl sites for hydroxylation is 1. The highest BCUT2D eigenvalue weighted by Gasteiger charge is 2.10. The number of ketones is 1. The fraction of sp³-hybridized carbons (Fsp3) is 0.375. The summed E-state index contributed by atoms with van der Waals surface area (Å²) in [5.74, 6) is -1.13. The topological polar surface area (TPSA) is 64.0 Å². The smallest absolute Gasteiger partial charge is 0.291 e. The van der Waals surface area contributed by atoms with Crippen molar-refractivity contribution in [3.05, 3.63) is 11.9 Å². The second-order valence-electron chi connectivity index (χ2n) is 2.78. The number of carbonyl (C=O) groups excluding carboxylic acids is 2. The van der Waals surface area contributed by atoms with Crippen molar-refractivity contribution in [1.82, 2.24) is 9.78 Å². The lowest BCUT2D eigenvalue weighted by Crippen LogP contribution is -2.19. The lowest BCUT2D eigenvalue weighted by molar-refractivity contribution is -0.133. The molecule has 1 heterocycles. The molecule has 1 N–H and O–H groups in total. The number of aromatic nitrogens is 2. The number of Topliss-reactive ketones (excluding diaryl/α,β-unsaturated/α-hetero) is 1. The lowest BCUT2D eigenvalue weighted by Gasteiger charge is -2.00. The van der Waals surface area contributed by atoms with Crippen LogP contribution in [0.2, 0.25) is 0 Å². The van der Waals surface area contributed by atoms with Gasteiger partial charge in [0, 0.05) is 14.0 Å². The van der Waals surface area contributed by atoms with Gasteiger partial charge in [-0.3, -0.25) is 14.3 Å². The van der Waals surface area contributed by atoms with E-state index in [0.29, 0.717) is 5.69 Å². The van der Waals surface area contributed by atoms with E-state index in [4.69, 9.17) is 0 Å². The van der Waals surface area contributed by atoms with Crippen LogP contribution in [0, 0.1) is 6.92 Å². The summed E-state index contributed by atoms with van der Waals surface area (Å²) >= 11 is 0. The molecule has 70 valence electrons. The van der Waals surface area contributed by atoms with Crippen molar-refractivity contribution in [3.8, 4) is 0 Å². The zero-order chi connectivity index (χ0) is 10.0. The van der Waals surface area contributed by atoms with Crippen molar-refractivity contribution >= 4 is 17.4 Å². The van der Waals surface area contributed by atoms with Crippen molar-refractivity contribution in [2.24, 2.45) is 7.05 Å².